The number of pyridine rings is 1. The molecule has 0 fully saturated rings. The summed E-state index contributed by atoms with van der Waals surface area (Å²) >= 11 is 0. The van der Waals surface area contributed by atoms with Gasteiger partial charge in [0.1, 0.15) is 17.2 Å². The average Bonchev–Trinajstić information content (AvgIpc) is 2.68. The van der Waals surface area contributed by atoms with Gasteiger partial charge in [-0.15, -0.1) is 0 Å². The molecule has 0 spiro atoms. The van der Waals surface area contributed by atoms with E-state index in [1.165, 1.54) is 0 Å². The van der Waals surface area contributed by atoms with Gasteiger partial charge in [0.15, 0.2) is 0 Å². The van der Waals surface area contributed by atoms with Crippen LogP contribution in [0.5, 0.6) is 17.2 Å². The highest BCUT2D eigenvalue weighted by atomic mass is 16.5. The summed E-state index contributed by atoms with van der Waals surface area (Å²) in [5.74, 6) is 1.95. The van der Waals surface area contributed by atoms with Crippen LogP contribution in [-0.2, 0) is 6.54 Å². The highest BCUT2D eigenvalue weighted by Crippen LogP contribution is 2.24. The number of ether oxygens (including phenoxy) is 2. The van der Waals surface area contributed by atoms with E-state index in [4.69, 9.17) is 9.47 Å². The monoisotopic (exact) mass is 362 g/mol. The van der Waals surface area contributed by atoms with E-state index in [1.54, 1.807) is 31.5 Å². The van der Waals surface area contributed by atoms with E-state index in [2.05, 4.69) is 10.3 Å². The fourth-order valence-corrected chi connectivity index (χ4v) is 2.84. The smallest absolute Gasteiger partial charge is 0.251 e. The molecule has 0 aliphatic heterocycles. The maximum atomic E-state index is 12.5. The number of carbonyl (C=O) groups is 1. The Morgan fingerprint density at radius 3 is 2.52 bits per heavy atom. The first kappa shape index (κ1) is 18.5. The van der Waals surface area contributed by atoms with Crippen LogP contribution < -0.4 is 14.8 Å². The molecule has 1 amide bonds. The van der Waals surface area contributed by atoms with Crippen LogP contribution in [0.15, 0.2) is 60.8 Å². The van der Waals surface area contributed by atoms with Gasteiger partial charge < -0.3 is 14.8 Å². The predicted molar refractivity (Wildman–Crippen MR) is 104 cm³/mol. The largest absolute Gasteiger partial charge is 0.496 e. The van der Waals surface area contributed by atoms with Gasteiger partial charge in [-0.05, 0) is 44.2 Å². The number of amides is 1. The summed E-state index contributed by atoms with van der Waals surface area (Å²) in [4.78, 5) is 16.9. The van der Waals surface area contributed by atoms with Crippen molar-refractivity contribution in [1.29, 1.82) is 0 Å². The fraction of sp³-hybridized carbons (Fsp3) is 0.182. The van der Waals surface area contributed by atoms with Crippen molar-refractivity contribution in [3.8, 4) is 17.2 Å². The molecule has 0 saturated heterocycles. The van der Waals surface area contributed by atoms with Crippen LogP contribution in [0, 0.1) is 13.8 Å². The Morgan fingerprint density at radius 1 is 1.04 bits per heavy atom. The van der Waals surface area contributed by atoms with Gasteiger partial charge in [0.05, 0.1) is 19.3 Å². The average molecular weight is 362 g/mol. The van der Waals surface area contributed by atoms with Crippen molar-refractivity contribution in [2.24, 2.45) is 0 Å². The van der Waals surface area contributed by atoms with Crippen molar-refractivity contribution >= 4 is 5.91 Å². The summed E-state index contributed by atoms with van der Waals surface area (Å²) in [6, 6.07) is 16.5. The van der Waals surface area contributed by atoms with Gasteiger partial charge in [-0.25, -0.2) is 0 Å². The van der Waals surface area contributed by atoms with Crippen LogP contribution in [0.1, 0.15) is 27.2 Å². The highest BCUT2D eigenvalue weighted by Gasteiger charge is 2.12. The molecule has 0 unspecified atom stereocenters. The highest BCUT2D eigenvalue weighted by molar-refractivity contribution is 5.94. The third-order valence-corrected chi connectivity index (χ3v) is 4.24. The number of carbonyl (C=O) groups excluding carboxylic acids is 1. The summed E-state index contributed by atoms with van der Waals surface area (Å²) in [6.45, 7) is 4.21. The molecule has 0 radical (unpaired) electrons. The lowest BCUT2D eigenvalue weighted by molar-refractivity contribution is 0.0950. The molecule has 0 bridgehead atoms. The van der Waals surface area contributed by atoms with Gasteiger partial charge in [0.25, 0.3) is 5.91 Å². The molecule has 0 aliphatic carbocycles. The second kappa shape index (κ2) is 8.36. The molecule has 0 saturated carbocycles. The van der Waals surface area contributed by atoms with Crippen LogP contribution in [0.2, 0.25) is 0 Å². The molecular formula is C22H22N2O3. The molecule has 1 N–H and O–H groups in total. The van der Waals surface area contributed by atoms with Gasteiger partial charge in [-0.3, -0.25) is 9.78 Å². The van der Waals surface area contributed by atoms with E-state index >= 15 is 0 Å². The van der Waals surface area contributed by atoms with Gasteiger partial charge in [-0.2, -0.15) is 0 Å². The van der Waals surface area contributed by atoms with Gasteiger partial charge in [0.2, 0.25) is 0 Å². The molecular weight excluding hydrogens is 340 g/mol. The SMILES string of the molecule is COc1c(C)cnc(CNC(=O)c2cccc(Oc3ccccc3)c2)c1C. The first-order valence-electron chi connectivity index (χ1n) is 8.68. The van der Waals surface area contributed by atoms with Crippen LogP contribution in [0.3, 0.4) is 0 Å². The van der Waals surface area contributed by atoms with Crippen molar-refractivity contribution in [3.63, 3.8) is 0 Å². The van der Waals surface area contributed by atoms with Crippen molar-refractivity contribution in [2.75, 3.05) is 7.11 Å². The summed E-state index contributed by atoms with van der Waals surface area (Å²) in [5, 5.41) is 2.91. The van der Waals surface area contributed by atoms with E-state index in [1.807, 2.05) is 50.2 Å². The van der Waals surface area contributed by atoms with Crippen LogP contribution in [0.4, 0.5) is 0 Å². The first-order valence-corrected chi connectivity index (χ1v) is 8.68. The van der Waals surface area contributed by atoms with E-state index < -0.39 is 0 Å². The van der Waals surface area contributed by atoms with Crippen molar-refractivity contribution in [2.45, 2.75) is 20.4 Å². The Morgan fingerprint density at radius 2 is 1.78 bits per heavy atom. The standard InChI is InChI=1S/C22H22N2O3/c1-15-13-23-20(16(2)21(15)26-3)14-24-22(25)17-8-7-11-19(12-17)27-18-9-5-4-6-10-18/h4-13H,14H2,1-3H3,(H,24,25). The number of methoxy groups -OCH3 is 1. The zero-order valence-corrected chi connectivity index (χ0v) is 15.7. The molecule has 3 aromatic rings. The quantitative estimate of drug-likeness (QED) is 0.705. The number of hydrogen-bond acceptors (Lipinski definition) is 4. The molecule has 3 rings (SSSR count). The Labute approximate surface area is 159 Å². The number of para-hydroxylation sites is 1. The van der Waals surface area contributed by atoms with Crippen molar-refractivity contribution in [1.82, 2.24) is 10.3 Å². The minimum Gasteiger partial charge on any atom is -0.496 e. The Hall–Kier alpha value is -3.34. The zero-order valence-electron chi connectivity index (χ0n) is 15.7. The molecule has 27 heavy (non-hydrogen) atoms. The molecule has 1 heterocycles. The lowest BCUT2D eigenvalue weighted by Gasteiger charge is -2.13. The molecule has 1 aromatic heterocycles. The second-order valence-corrected chi connectivity index (χ2v) is 6.17. The number of hydrogen-bond donors (Lipinski definition) is 1. The van der Waals surface area contributed by atoms with E-state index in [0.29, 0.717) is 17.9 Å². The number of benzene rings is 2. The maximum Gasteiger partial charge on any atom is 0.251 e. The topological polar surface area (TPSA) is 60.5 Å². The molecule has 5 heteroatoms. The predicted octanol–water partition coefficient (Wildman–Crippen LogP) is 4.43. The Kier molecular flexibility index (Phi) is 5.71. The lowest BCUT2D eigenvalue weighted by Crippen LogP contribution is -2.24. The van der Waals surface area contributed by atoms with Gasteiger partial charge >= 0.3 is 0 Å². The normalized spacial score (nSPS) is 10.3. The van der Waals surface area contributed by atoms with Gasteiger partial charge in [-0.1, -0.05) is 24.3 Å². The second-order valence-electron chi connectivity index (χ2n) is 6.17. The van der Waals surface area contributed by atoms with E-state index in [-0.39, 0.29) is 5.91 Å². The van der Waals surface area contributed by atoms with Crippen LogP contribution >= 0.6 is 0 Å². The van der Waals surface area contributed by atoms with Crippen LogP contribution in [-0.4, -0.2) is 18.0 Å². The summed E-state index contributed by atoms with van der Waals surface area (Å²) in [7, 11) is 1.63. The number of nitrogens with one attached hydrogen (secondary N) is 1. The summed E-state index contributed by atoms with van der Waals surface area (Å²) < 4.78 is 11.2. The number of nitrogens with zero attached hydrogens (tertiary/aromatic N) is 1. The molecule has 138 valence electrons. The summed E-state index contributed by atoms with van der Waals surface area (Å²) in [6.07, 6.45) is 1.75. The Bertz CT molecular complexity index is 940. The third-order valence-electron chi connectivity index (χ3n) is 4.24. The fourth-order valence-electron chi connectivity index (χ4n) is 2.84. The molecule has 0 atom stereocenters. The summed E-state index contributed by atoms with van der Waals surface area (Å²) in [5.41, 5.74) is 3.21. The number of aromatic nitrogens is 1. The maximum absolute atomic E-state index is 12.5. The molecule has 2 aromatic carbocycles. The van der Waals surface area contributed by atoms with Crippen LogP contribution in [0.25, 0.3) is 0 Å². The van der Waals surface area contributed by atoms with Crippen molar-refractivity contribution < 1.29 is 14.3 Å². The van der Waals surface area contributed by atoms with Gasteiger partial charge in [0, 0.05) is 22.9 Å². The minimum absolute atomic E-state index is 0.186. The van der Waals surface area contributed by atoms with E-state index in [0.717, 1.165) is 28.3 Å². The first-order chi connectivity index (χ1) is 13.1. The number of rotatable bonds is 6. The van der Waals surface area contributed by atoms with Crippen molar-refractivity contribution in [3.05, 3.63) is 83.2 Å². The Balaban J connectivity index is 1.69. The molecule has 0 aliphatic rings. The third kappa shape index (κ3) is 4.44. The number of aryl methyl sites for hydroxylation is 1. The molecule has 5 nitrogen and oxygen atoms in total. The lowest BCUT2D eigenvalue weighted by atomic mass is 10.1. The van der Waals surface area contributed by atoms with E-state index in [9.17, 15) is 4.79 Å². The minimum atomic E-state index is -0.186. The zero-order chi connectivity index (χ0) is 19.2.